The van der Waals surface area contributed by atoms with Gasteiger partial charge in [-0.2, -0.15) is 4.98 Å². The Kier molecular flexibility index (Phi) is 4.05. The first-order valence-corrected chi connectivity index (χ1v) is 7.29. The van der Waals surface area contributed by atoms with E-state index in [1.54, 1.807) is 18.5 Å². The van der Waals surface area contributed by atoms with Crippen molar-refractivity contribution < 1.29 is 9.32 Å². The van der Waals surface area contributed by atoms with E-state index in [2.05, 4.69) is 30.7 Å². The highest BCUT2D eigenvalue weighted by atomic mass is 32.1. The normalized spacial score (nSPS) is 10.4. The average Bonchev–Trinajstić information content (AvgIpc) is 3.15. The Morgan fingerprint density at radius 1 is 1.36 bits per heavy atom. The van der Waals surface area contributed by atoms with E-state index in [-0.39, 0.29) is 12.5 Å². The minimum absolute atomic E-state index is 0.167. The zero-order valence-corrected chi connectivity index (χ0v) is 12.4. The summed E-state index contributed by atoms with van der Waals surface area (Å²) in [6.45, 7) is 1.88. The van der Waals surface area contributed by atoms with Crippen LogP contribution in [0.3, 0.4) is 0 Å². The van der Waals surface area contributed by atoms with Crippen LogP contribution in [0.5, 0.6) is 0 Å². The zero-order valence-electron chi connectivity index (χ0n) is 11.6. The number of aromatic nitrogens is 4. The van der Waals surface area contributed by atoms with Crippen LogP contribution in [0.25, 0.3) is 0 Å². The number of anilines is 2. The second-order valence-electron chi connectivity index (χ2n) is 4.30. The number of thiazole rings is 1. The molecule has 3 aromatic rings. The fourth-order valence-electron chi connectivity index (χ4n) is 1.64. The highest BCUT2D eigenvalue weighted by Gasteiger charge is 2.12. The van der Waals surface area contributed by atoms with Crippen molar-refractivity contribution in [3.05, 3.63) is 47.2 Å². The molecule has 0 saturated carbocycles. The van der Waals surface area contributed by atoms with Crippen molar-refractivity contribution in [1.82, 2.24) is 25.4 Å². The molecular formula is C13H12N6O2S. The summed E-state index contributed by atoms with van der Waals surface area (Å²) >= 11 is 1.32. The molecule has 0 aliphatic carbocycles. The highest BCUT2D eigenvalue weighted by molar-refractivity contribution is 7.14. The van der Waals surface area contributed by atoms with Crippen LogP contribution in [0, 0.1) is 6.92 Å². The van der Waals surface area contributed by atoms with Crippen molar-refractivity contribution in [2.24, 2.45) is 0 Å². The molecule has 0 aliphatic rings. The fourth-order valence-corrected chi connectivity index (χ4v) is 2.34. The SMILES string of the molecule is Cc1noc(CNC(=O)c2csc(Nc3ccccn3)n2)n1. The number of pyridine rings is 1. The molecule has 0 bridgehead atoms. The molecule has 8 nitrogen and oxygen atoms in total. The van der Waals surface area contributed by atoms with E-state index < -0.39 is 0 Å². The first-order chi connectivity index (χ1) is 10.7. The lowest BCUT2D eigenvalue weighted by molar-refractivity contribution is 0.0942. The molecule has 3 heterocycles. The van der Waals surface area contributed by atoms with Gasteiger partial charge in [0.25, 0.3) is 5.91 Å². The summed E-state index contributed by atoms with van der Waals surface area (Å²) in [6.07, 6.45) is 1.68. The lowest BCUT2D eigenvalue weighted by Gasteiger charge is -2.00. The molecule has 3 rings (SSSR count). The molecule has 0 spiro atoms. The number of hydrogen-bond donors (Lipinski definition) is 2. The Morgan fingerprint density at radius 2 is 2.27 bits per heavy atom. The van der Waals surface area contributed by atoms with Gasteiger partial charge in [-0.3, -0.25) is 4.79 Å². The smallest absolute Gasteiger partial charge is 0.271 e. The van der Waals surface area contributed by atoms with Gasteiger partial charge in [0.1, 0.15) is 11.5 Å². The first-order valence-electron chi connectivity index (χ1n) is 6.41. The highest BCUT2D eigenvalue weighted by Crippen LogP contribution is 2.19. The van der Waals surface area contributed by atoms with Crippen molar-refractivity contribution in [2.75, 3.05) is 5.32 Å². The van der Waals surface area contributed by atoms with Crippen LogP contribution in [0.1, 0.15) is 22.2 Å². The molecule has 1 amide bonds. The van der Waals surface area contributed by atoms with Gasteiger partial charge in [0.2, 0.25) is 5.89 Å². The van der Waals surface area contributed by atoms with E-state index in [0.717, 1.165) is 0 Å². The van der Waals surface area contributed by atoms with Gasteiger partial charge >= 0.3 is 0 Å². The topological polar surface area (TPSA) is 106 Å². The number of nitrogens with one attached hydrogen (secondary N) is 2. The Labute approximate surface area is 129 Å². The maximum Gasteiger partial charge on any atom is 0.271 e. The molecular weight excluding hydrogens is 304 g/mol. The molecule has 0 saturated heterocycles. The Morgan fingerprint density at radius 3 is 3.00 bits per heavy atom. The third-order valence-electron chi connectivity index (χ3n) is 2.61. The number of carbonyl (C=O) groups excluding carboxylic acids is 1. The standard InChI is InChI=1S/C13H12N6O2S/c1-8-16-11(21-19-8)6-15-12(20)9-7-22-13(17-9)18-10-4-2-3-5-14-10/h2-5,7H,6H2,1H3,(H,15,20)(H,14,17,18). The minimum Gasteiger partial charge on any atom is -0.342 e. The molecule has 112 valence electrons. The van der Waals surface area contributed by atoms with Crippen LogP contribution >= 0.6 is 11.3 Å². The minimum atomic E-state index is -0.304. The lowest BCUT2D eigenvalue weighted by atomic mass is 10.4. The van der Waals surface area contributed by atoms with Crippen molar-refractivity contribution >= 4 is 28.2 Å². The maximum atomic E-state index is 12.0. The predicted molar refractivity (Wildman–Crippen MR) is 79.8 cm³/mol. The summed E-state index contributed by atoms with van der Waals surface area (Å²) in [5.74, 6) is 1.25. The second kappa shape index (κ2) is 6.31. The average molecular weight is 316 g/mol. The van der Waals surface area contributed by atoms with Gasteiger partial charge in [0.05, 0.1) is 6.54 Å². The molecule has 22 heavy (non-hydrogen) atoms. The van der Waals surface area contributed by atoms with Crippen molar-refractivity contribution in [3.63, 3.8) is 0 Å². The fraction of sp³-hybridized carbons (Fsp3) is 0.154. The van der Waals surface area contributed by atoms with Crippen molar-refractivity contribution in [2.45, 2.75) is 13.5 Å². The Balaban J connectivity index is 1.59. The van der Waals surface area contributed by atoms with E-state index in [4.69, 9.17) is 4.52 Å². The molecule has 0 radical (unpaired) electrons. The van der Waals surface area contributed by atoms with E-state index in [9.17, 15) is 4.79 Å². The summed E-state index contributed by atoms with van der Waals surface area (Å²) in [7, 11) is 0. The number of rotatable bonds is 5. The Bertz CT molecular complexity index is 770. The summed E-state index contributed by atoms with van der Waals surface area (Å²) in [6, 6.07) is 5.51. The monoisotopic (exact) mass is 316 g/mol. The van der Waals surface area contributed by atoms with Gasteiger partial charge in [-0.25, -0.2) is 9.97 Å². The summed E-state index contributed by atoms with van der Waals surface area (Å²) in [4.78, 5) is 24.3. The summed E-state index contributed by atoms with van der Waals surface area (Å²) in [5.41, 5.74) is 0.319. The summed E-state index contributed by atoms with van der Waals surface area (Å²) < 4.78 is 4.92. The van der Waals surface area contributed by atoms with E-state index in [0.29, 0.717) is 28.4 Å². The van der Waals surface area contributed by atoms with Gasteiger partial charge in [0, 0.05) is 11.6 Å². The van der Waals surface area contributed by atoms with Gasteiger partial charge < -0.3 is 15.2 Å². The molecule has 0 fully saturated rings. The molecule has 2 N–H and O–H groups in total. The van der Waals surface area contributed by atoms with Gasteiger partial charge in [-0.15, -0.1) is 11.3 Å². The number of nitrogens with zero attached hydrogens (tertiary/aromatic N) is 4. The molecule has 0 unspecified atom stereocenters. The van der Waals surface area contributed by atoms with Crippen LogP contribution in [-0.4, -0.2) is 26.0 Å². The van der Waals surface area contributed by atoms with Crippen LogP contribution in [0.2, 0.25) is 0 Å². The third-order valence-corrected chi connectivity index (χ3v) is 3.36. The van der Waals surface area contributed by atoms with E-state index >= 15 is 0 Å². The van der Waals surface area contributed by atoms with E-state index in [1.807, 2.05) is 18.2 Å². The van der Waals surface area contributed by atoms with Gasteiger partial charge in [-0.05, 0) is 19.1 Å². The van der Waals surface area contributed by atoms with Crippen molar-refractivity contribution in [1.29, 1.82) is 0 Å². The van der Waals surface area contributed by atoms with Crippen LogP contribution in [0.15, 0.2) is 34.3 Å². The quantitative estimate of drug-likeness (QED) is 0.740. The third kappa shape index (κ3) is 3.44. The number of carbonyl (C=O) groups is 1. The van der Waals surface area contributed by atoms with Crippen molar-refractivity contribution in [3.8, 4) is 0 Å². The van der Waals surface area contributed by atoms with Gasteiger partial charge in [0.15, 0.2) is 11.0 Å². The zero-order chi connectivity index (χ0) is 15.4. The molecule has 0 aliphatic heterocycles. The van der Waals surface area contributed by atoms with Gasteiger partial charge in [-0.1, -0.05) is 11.2 Å². The second-order valence-corrected chi connectivity index (χ2v) is 5.15. The predicted octanol–water partition coefficient (Wildman–Crippen LogP) is 1.90. The van der Waals surface area contributed by atoms with Crippen LogP contribution in [-0.2, 0) is 6.54 Å². The first kappa shape index (κ1) is 14.1. The lowest BCUT2D eigenvalue weighted by Crippen LogP contribution is -2.23. The Hall–Kier alpha value is -2.81. The number of aryl methyl sites for hydroxylation is 1. The molecule has 0 atom stereocenters. The van der Waals surface area contributed by atoms with Crippen LogP contribution < -0.4 is 10.6 Å². The summed E-state index contributed by atoms with van der Waals surface area (Å²) in [5, 5.41) is 11.6. The number of hydrogen-bond acceptors (Lipinski definition) is 8. The van der Waals surface area contributed by atoms with E-state index in [1.165, 1.54) is 11.3 Å². The maximum absolute atomic E-state index is 12.0. The number of amides is 1. The molecule has 3 aromatic heterocycles. The molecule has 0 aromatic carbocycles. The largest absolute Gasteiger partial charge is 0.342 e. The van der Waals surface area contributed by atoms with Crippen LogP contribution in [0.4, 0.5) is 10.9 Å². The molecule has 9 heteroatoms.